The van der Waals surface area contributed by atoms with Gasteiger partial charge < -0.3 is 0 Å². The molecule has 1 aromatic rings. The third kappa shape index (κ3) is 5.06. The fraction of sp³-hybridized carbons (Fsp3) is 0.571. The maximum absolute atomic E-state index is 3.09. The van der Waals surface area contributed by atoms with E-state index in [-0.39, 0.29) is 0 Å². The van der Waals surface area contributed by atoms with Gasteiger partial charge in [0.2, 0.25) is 0 Å². The topological polar surface area (TPSA) is 0 Å². The highest BCUT2D eigenvalue weighted by Crippen LogP contribution is 2.08. The molecule has 3 radical (unpaired) electrons. The molecule has 0 unspecified atom stereocenters. The van der Waals surface area contributed by atoms with Crippen LogP contribution >= 0.6 is 0 Å². The molecule has 0 aromatic heterocycles. The van der Waals surface area contributed by atoms with Crippen LogP contribution in [0.1, 0.15) is 51.0 Å². The van der Waals surface area contributed by atoms with E-state index in [0.29, 0.717) is 0 Å². The van der Waals surface area contributed by atoms with Crippen molar-refractivity contribution in [1.82, 2.24) is 0 Å². The molecule has 0 aliphatic rings. The molecule has 0 heterocycles. The monoisotopic (exact) mass is 187 g/mol. The summed E-state index contributed by atoms with van der Waals surface area (Å²) in [5.74, 6) is 0. The third-order valence-electron chi connectivity index (χ3n) is 2.46. The van der Waals surface area contributed by atoms with Crippen LogP contribution in [0, 0.1) is 18.2 Å². The van der Waals surface area contributed by atoms with Gasteiger partial charge in [-0.25, -0.2) is 0 Å². The molecule has 0 aliphatic carbocycles. The summed E-state index contributed by atoms with van der Waals surface area (Å²) in [7, 11) is 0. The van der Waals surface area contributed by atoms with Crippen LogP contribution in [0.3, 0.4) is 0 Å². The van der Waals surface area contributed by atoms with E-state index in [4.69, 9.17) is 0 Å². The number of rotatable bonds is 7. The second-order valence-electron chi connectivity index (χ2n) is 3.77. The molecule has 75 valence electrons. The van der Waals surface area contributed by atoms with Crippen molar-refractivity contribution in [2.24, 2.45) is 0 Å². The van der Waals surface area contributed by atoms with Crippen molar-refractivity contribution in [3.05, 3.63) is 35.9 Å². The Bertz CT molecular complexity index is 213. The Morgan fingerprint density at radius 1 is 1.07 bits per heavy atom. The maximum Gasteiger partial charge on any atom is -0.00109 e. The molecule has 1 rings (SSSR count). The highest BCUT2D eigenvalue weighted by Gasteiger charge is 1.93. The first-order valence-electron chi connectivity index (χ1n) is 5.72. The smallest absolute Gasteiger partial charge is 0.00109 e. The van der Waals surface area contributed by atoms with Gasteiger partial charge in [0.05, 0.1) is 0 Å². The first kappa shape index (κ1) is 11.3. The Morgan fingerprint density at radius 3 is 2.57 bits per heavy atom. The summed E-state index contributed by atoms with van der Waals surface area (Å²) in [6.45, 7) is 2.26. The van der Waals surface area contributed by atoms with Gasteiger partial charge in [-0.05, 0) is 36.6 Å². The molecular formula is C14H19. The molecule has 0 amide bonds. The molecule has 0 aliphatic heterocycles. The third-order valence-corrected chi connectivity index (χ3v) is 2.46. The minimum absolute atomic E-state index is 1.15. The lowest BCUT2D eigenvalue weighted by atomic mass is 10.1. The van der Waals surface area contributed by atoms with E-state index in [9.17, 15) is 0 Å². The van der Waals surface area contributed by atoms with Gasteiger partial charge in [0, 0.05) is 0 Å². The molecule has 0 fully saturated rings. The van der Waals surface area contributed by atoms with Crippen molar-refractivity contribution in [3.8, 4) is 0 Å². The molecule has 0 saturated carbocycles. The number of aryl methyl sites for hydroxylation is 1. The van der Waals surface area contributed by atoms with Gasteiger partial charge in [-0.1, -0.05) is 51.2 Å². The summed E-state index contributed by atoms with van der Waals surface area (Å²) in [4.78, 5) is 0. The zero-order valence-electron chi connectivity index (χ0n) is 9.10. The van der Waals surface area contributed by atoms with Crippen LogP contribution in [0.25, 0.3) is 0 Å². The van der Waals surface area contributed by atoms with E-state index >= 15 is 0 Å². The van der Waals surface area contributed by atoms with E-state index in [1.165, 1.54) is 44.1 Å². The van der Waals surface area contributed by atoms with Crippen molar-refractivity contribution < 1.29 is 0 Å². The van der Waals surface area contributed by atoms with Gasteiger partial charge in [0.25, 0.3) is 0 Å². The molecule has 0 bridgehead atoms. The summed E-state index contributed by atoms with van der Waals surface area (Å²) in [6.07, 6.45) is 9.30. The molecule has 0 atom stereocenters. The minimum Gasteiger partial charge on any atom is -0.0654 e. The second kappa shape index (κ2) is 7.61. The SMILES string of the molecule is CCCCCCCCc1[c][c][c]cc1. The van der Waals surface area contributed by atoms with Gasteiger partial charge in [-0.2, -0.15) is 0 Å². The van der Waals surface area contributed by atoms with E-state index in [1.807, 2.05) is 6.07 Å². The number of unbranched alkanes of at least 4 members (excludes halogenated alkanes) is 5. The zero-order chi connectivity index (χ0) is 10.1. The summed E-state index contributed by atoms with van der Waals surface area (Å²) in [6, 6.07) is 12.8. The second-order valence-corrected chi connectivity index (χ2v) is 3.77. The van der Waals surface area contributed by atoms with Gasteiger partial charge in [0.1, 0.15) is 0 Å². The largest absolute Gasteiger partial charge is 0.0654 e. The zero-order valence-corrected chi connectivity index (χ0v) is 9.10. The van der Waals surface area contributed by atoms with Crippen LogP contribution in [0.15, 0.2) is 12.1 Å². The summed E-state index contributed by atoms with van der Waals surface area (Å²) in [5, 5.41) is 0. The average molecular weight is 187 g/mol. The first-order valence-corrected chi connectivity index (χ1v) is 5.72. The molecule has 0 N–H and O–H groups in total. The Hall–Kier alpha value is -0.780. The lowest BCUT2D eigenvalue weighted by Crippen LogP contribution is -1.85. The maximum atomic E-state index is 3.09. The van der Waals surface area contributed by atoms with Crippen LogP contribution in [-0.4, -0.2) is 0 Å². The van der Waals surface area contributed by atoms with Crippen LogP contribution in [0.5, 0.6) is 0 Å². The van der Waals surface area contributed by atoms with Crippen LogP contribution in [-0.2, 0) is 6.42 Å². The first-order chi connectivity index (χ1) is 6.93. The Kier molecular flexibility index (Phi) is 6.14. The molecule has 1 aromatic carbocycles. The quantitative estimate of drug-likeness (QED) is 0.566. The fourth-order valence-corrected chi connectivity index (χ4v) is 1.58. The normalized spacial score (nSPS) is 10.4. The van der Waals surface area contributed by atoms with Crippen LogP contribution in [0.2, 0.25) is 0 Å². The van der Waals surface area contributed by atoms with E-state index in [1.54, 1.807) is 0 Å². The van der Waals surface area contributed by atoms with Crippen molar-refractivity contribution in [2.45, 2.75) is 51.9 Å². The van der Waals surface area contributed by atoms with E-state index in [2.05, 4.69) is 31.2 Å². The number of hydrogen-bond donors (Lipinski definition) is 0. The van der Waals surface area contributed by atoms with Gasteiger partial charge in [0.15, 0.2) is 0 Å². The molecule has 0 nitrogen and oxygen atoms in total. The van der Waals surface area contributed by atoms with Crippen molar-refractivity contribution >= 4 is 0 Å². The highest BCUT2D eigenvalue weighted by molar-refractivity contribution is 5.10. The van der Waals surface area contributed by atoms with Crippen molar-refractivity contribution in [1.29, 1.82) is 0 Å². The van der Waals surface area contributed by atoms with Crippen LogP contribution < -0.4 is 0 Å². The standard InChI is InChI=1S/C14H19/c1-2-3-4-5-6-8-11-14-12-9-7-10-13-14/h9,12H,2-6,8,11H2,1H3. The lowest BCUT2D eigenvalue weighted by molar-refractivity contribution is 0.607. The average Bonchev–Trinajstić information content (AvgIpc) is 2.25. The molecule has 14 heavy (non-hydrogen) atoms. The minimum atomic E-state index is 1.15. The lowest BCUT2D eigenvalue weighted by Gasteiger charge is -2.00. The van der Waals surface area contributed by atoms with Crippen molar-refractivity contribution in [3.63, 3.8) is 0 Å². The van der Waals surface area contributed by atoms with Gasteiger partial charge in [-0.15, -0.1) is 0 Å². The Morgan fingerprint density at radius 2 is 1.86 bits per heavy atom. The highest BCUT2D eigenvalue weighted by atomic mass is 14.0. The van der Waals surface area contributed by atoms with E-state index < -0.39 is 0 Å². The van der Waals surface area contributed by atoms with Crippen LogP contribution in [0.4, 0.5) is 0 Å². The molecule has 0 heteroatoms. The molecular weight excluding hydrogens is 168 g/mol. The fourth-order valence-electron chi connectivity index (χ4n) is 1.58. The summed E-state index contributed by atoms with van der Waals surface area (Å²) < 4.78 is 0. The summed E-state index contributed by atoms with van der Waals surface area (Å²) in [5.41, 5.74) is 1.28. The summed E-state index contributed by atoms with van der Waals surface area (Å²) >= 11 is 0. The predicted molar refractivity (Wildman–Crippen MR) is 60.0 cm³/mol. The van der Waals surface area contributed by atoms with E-state index in [0.717, 1.165) is 6.42 Å². The number of benzene rings is 1. The van der Waals surface area contributed by atoms with Crippen molar-refractivity contribution in [2.75, 3.05) is 0 Å². The number of hydrogen-bond acceptors (Lipinski definition) is 0. The predicted octanol–water partition coefficient (Wildman–Crippen LogP) is 3.99. The molecule has 0 saturated heterocycles. The Labute approximate surface area is 88.4 Å². The van der Waals surface area contributed by atoms with Gasteiger partial charge in [-0.3, -0.25) is 0 Å². The Balaban J connectivity index is 1.99. The molecule has 0 spiro atoms. The van der Waals surface area contributed by atoms with Gasteiger partial charge >= 0.3 is 0 Å².